The van der Waals surface area contributed by atoms with E-state index in [1.807, 2.05) is 36.4 Å². The Morgan fingerprint density at radius 3 is 2.90 bits per heavy atom. The highest BCUT2D eigenvalue weighted by Gasteiger charge is 2.23. The van der Waals surface area contributed by atoms with Gasteiger partial charge in [0.05, 0.1) is 17.3 Å². The zero-order valence-corrected chi connectivity index (χ0v) is 10.7. The van der Waals surface area contributed by atoms with Crippen molar-refractivity contribution in [3.63, 3.8) is 0 Å². The van der Waals surface area contributed by atoms with Crippen molar-refractivity contribution in [3.8, 4) is 5.69 Å². The van der Waals surface area contributed by atoms with E-state index in [4.69, 9.17) is 5.73 Å². The Labute approximate surface area is 115 Å². The second-order valence-corrected chi connectivity index (χ2v) is 4.65. The van der Waals surface area contributed by atoms with Gasteiger partial charge in [0, 0.05) is 6.04 Å². The maximum atomic E-state index is 12.2. The predicted molar refractivity (Wildman–Crippen MR) is 73.0 cm³/mol. The molecule has 1 aromatic heterocycles. The summed E-state index contributed by atoms with van der Waals surface area (Å²) >= 11 is 0. The first-order chi connectivity index (χ1) is 9.74. The number of anilines is 1. The lowest BCUT2D eigenvalue weighted by atomic mass is 10.1. The first-order valence-corrected chi connectivity index (χ1v) is 6.31. The summed E-state index contributed by atoms with van der Waals surface area (Å²) in [6.07, 6.45) is 5.83. The van der Waals surface area contributed by atoms with Crippen LogP contribution in [0.5, 0.6) is 0 Å². The number of carbonyl (C=O) groups excluding carboxylic acids is 1. The molecule has 0 bridgehead atoms. The summed E-state index contributed by atoms with van der Waals surface area (Å²) in [6, 6.07) is 7.31. The summed E-state index contributed by atoms with van der Waals surface area (Å²) in [5, 5.41) is 13.9. The van der Waals surface area contributed by atoms with Gasteiger partial charge < -0.3 is 11.1 Å². The van der Waals surface area contributed by atoms with Gasteiger partial charge in [0.2, 0.25) is 5.91 Å². The average molecular weight is 270 g/mol. The Morgan fingerprint density at radius 1 is 1.35 bits per heavy atom. The first-order valence-electron chi connectivity index (χ1n) is 6.31. The largest absolute Gasteiger partial charge is 0.324 e. The Bertz CT molecular complexity index is 636. The topological polar surface area (TPSA) is 98.7 Å². The number of aromatic nitrogens is 4. The highest BCUT2D eigenvalue weighted by molar-refractivity contribution is 5.95. The minimum atomic E-state index is -0.188. The Hall–Kier alpha value is -2.54. The third kappa shape index (κ3) is 2.43. The summed E-state index contributed by atoms with van der Waals surface area (Å²) < 4.78 is 1.51. The molecule has 0 aliphatic heterocycles. The number of amides is 1. The number of tetrazole rings is 1. The molecule has 2 unspecified atom stereocenters. The molecule has 0 radical (unpaired) electrons. The molecule has 7 nitrogen and oxygen atoms in total. The molecule has 2 atom stereocenters. The average Bonchev–Trinajstić information content (AvgIpc) is 3.10. The van der Waals surface area contributed by atoms with Gasteiger partial charge in [0.15, 0.2) is 0 Å². The Kier molecular flexibility index (Phi) is 3.26. The van der Waals surface area contributed by atoms with Crippen LogP contribution >= 0.6 is 0 Å². The summed E-state index contributed by atoms with van der Waals surface area (Å²) in [7, 11) is 0. The van der Waals surface area contributed by atoms with Crippen LogP contribution in [0.25, 0.3) is 5.69 Å². The third-order valence-corrected chi connectivity index (χ3v) is 3.21. The number of benzene rings is 1. The van der Waals surface area contributed by atoms with Gasteiger partial charge in [-0.1, -0.05) is 24.3 Å². The van der Waals surface area contributed by atoms with Crippen LogP contribution in [0.3, 0.4) is 0 Å². The molecule has 0 saturated carbocycles. The lowest BCUT2D eigenvalue weighted by Crippen LogP contribution is -2.24. The molecule has 7 heteroatoms. The third-order valence-electron chi connectivity index (χ3n) is 3.21. The van der Waals surface area contributed by atoms with Gasteiger partial charge in [0.1, 0.15) is 6.33 Å². The molecule has 1 aromatic carbocycles. The first kappa shape index (κ1) is 12.5. The van der Waals surface area contributed by atoms with Gasteiger partial charge in [-0.3, -0.25) is 4.79 Å². The molecule has 20 heavy (non-hydrogen) atoms. The van der Waals surface area contributed by atoms with E-state index in [0.717, 1.165) is 5.69 Å². The zero-order chi connectivity index (χ0) is 13.9. The number of carbonyl (C=O) groups is 1. The molecule has 1 amide bonds. The monoisotopic (exact) mass is 270 g/mol. The number of nitrogens with two attached hydrogens (primary N) is 1. The van der Waals surface area contributed by atoms with Gasteiger partial charge in [0.25, 0.3) is 0 Å². The second-order valence-electron chi connectivity index (χ2n) is 4.65. The zero-order valence-electron chi connectivity index (χ0n) is 10.7. The quantitative estimate of drug-likeness (QED) is 0.791. The highest BCUT2D eigenvalue weighted by atomic mass is 16.1. The molecule has 3 rings (SSSR count). The number of rotatable bonds is 3. The van der Waals surface area contributed by atoms with Crippen molar-refractivity contribution < 1.29 is 4.79 Å². The van der Waals surface area contributed by atoms with Gasteiger partial charge in [-0.2, -0.15) is 4.68 Å². The molecule has 0 saturated heterocycles. The molecule has 0 spiro atoms. The van der Waals surface area contributed by atoms with E-state index in [1.165, 1.54) is 11.0 Å². The smallest absolute Gasteiger partial charge is 0.231 e. The normalized spacial score (nSPS) is 21.1. The number of hydrogen-bond acceptors (Lipinski definition) is 5. The van der Waals surface area contributed by atoms with E-state index in [1.54, 1.807) is 0 Å². The standard InChI is InChI=1S/C13H14N6O/c14-10-6-5-9(7-10)13(20)16-11-3-1-2-4-12(11)19-8-15-17-18-19/h1-6,8-10H,7,14H2,(H,16,20). The summed E-state index contributed by atoms with van der Waals surface area (Å²) in [4.78, 5) is 12.2. The maximum absolute atomic E-state index is 12.2. The Morgan fingerprint density at radius 2 is 2.20 bits per heavy atom. The van der Waals surface area contributed by atoms with Crippen molar-refractivity contribution in [2.24, 2.45) is 11.7 Å². The van der Waals surface area contributed by atoms with Crippen molar-refractivity contribution in [3.05, 3.63) is 42.7 Å². The van der Waals surface area contributed by atoms with Crippen molar-refractivity contribution in [2.75, 3.05) is 5.32 Å². The van der Waals surface area contributed by atoms with Crippen LogP contribution in [0.4, 0.5) is 5.69 Å². The number of para-hydroxylation sites is 2. The van der Waals surface area contributed by atoms with E-state index >= 15 is 0 Å². The minimum Gasteiger partial charge on any atom is -0.324 e. The fourth-order valence-corrected chi connectivity index (χ4v) is 2.20. The lowest BCUT2D eigenvalue weighted by molar-refractivity contribution is -0.118. The van der Waals surface area contributed by atoms with Crippen LogP contribution in [0.1, 0.15) is 6.42 Å². The van der Waals surface area contributed by atoms with Gasteiger partial charge in [-0.15, -0.1) is 5.10 Å². The van der Waals surface area contributed by atoms with E-state index in [0.29, 0.717) is 12.1 Å². The van der Waals surface area contributed by atoms with Gasteiger partial charge in [-0.05, 0) is 29.0 Å². The van der Waals surface area contributed by atoms with Gasteiger partial charge in [-0.25, -0.2) is 0 Å². The van der Waals surface area contributed by atoms with Crippen molar-refractivity contribution in [2.45, 2.75) is 12.5 Å². The van der Waals surface area contributed by atoms with Gasteiger partial charge >= 0.3 is 0 Å². The molecule has 0 fully saturated rings. The maximum Gasteiger partial charge on any atom is 0.231 e. The van der Waals surface area contributed by atoms with E-state index in [-0.39, 0.29) is 17.9 Å². The molecule has 102 valence electrons. The van der Waals surface area contributed by atoms with Crippen LogP contribution in [0.15, 0.2) is 42.7 Å². The summed E-state index contributed by atoms with van der Waals surface area (Å²) in [6.45, 7) is 0. The molecule has 2 aromatic rings. The van der Waals surface area contributed by atoms with Crippen LogP contribution in [0, 0.1) is 5.92 Å². The summed E-state index contributed by atoms with van der Waals surface area (Å²) in [5.74, 6) is -0.262. The van der Waals surface area contributed by atoms with E-state index < -0.39 is 0 Å². The molecule has 1 heterocycles. The number of hydrogen-bond donors (Lipinski definition) is 2. The number of nitrogens with one attached hydrogen (secondary N) is 1. The Balaban J connectivity index is 1.81. The molecular weight excluding hydrogens is 256 g/mol. The van der Waals surface area contributed by atoms with Crippen LogP contribution in [-0.2, 0) is 4.79 Å². The lowest BCUT2D eigenvalue weighted by Gasteiger charge is -2.13. The van der Waals surface area contributed by atoms with E-state index in [9.17, 15) is 4.79 Å². The SMILES string of the molecule is NC1C=CC(C(=O)Nc2ccccc2-n2cnnn2)C1. The van der Waals surface area contributed by atoms with Crippen molar-refractivity contribution in [1.29, 1.82) is 0 Å². The fourth-order valence-electron chi connectivity index (χ4n) is 2.20. The second kappa shape index (κ2) is 5.22. The van der Waals surface area contributed by atoms with Crippen LogP contribution in [0.2, 0.25) is 0 Å². The summed E-state index contributed by atoms with van der Waals surface area (Å²) in [5.41, 5.74) is 7.15. The van der Waals surface area contributed by atoms with Crippen molar-refractivity contribution in [1.82, 2.24) is 20.2 Å². The molecule has 1 aliphatic carbocycles. The number of nitrogens with zero attached hydrogens (tertiary/aromatic N) is 4. The molecule has 3 N–H and O–H groups in total. The predicted octanol–water partition coefficient (Wildman–Crippen LogP) is 0.504. The minimum absolute atomic E-state index is 0.0412. The van der Waals surface area contributed by atoms with Crippen molar-refractivity contribution >= 4 is 11.6 Å². The fraction of sp³-hybridized carbons (Fsp3) is 0.231. The van der Waals surface area contributed by atoms with E-state index in [2.05, 4.69) is 20.8 Å². The molecule has 1 aliphatic rings. The highest BCUT2D eigenvalue weighted by Crippen LogP contribution is 2.22. The van der Waals surface area contributed by atoms with Crippen LogP contribution in [-0.4, -0.2) is 32.2 Å². The molecular formula is C13H14N6O. The van der Waals surface area contributed by atoms with Crippen LogP contribution < -0.4 is 11.1 Å².